The smallest absolute Gasteiger partial charge is 0.323 e. The van der Waals surface area contributed by atoms with Gasteiger partial charge in [0.2, 0.25) is 6.10 Å². The van der Waals surface area contributed by atoms with E-state index in [9.17, 15) is 19.5 Å². The summed E-state index contributed by atoms with van der Waals surface area (Å²) in [5.41, 5.74) is 2.49. The molecule has 2 fully saturated rings. The van der Waals surface area contributed by atoms with Crippen molar-refractivity contribution >= 4 is 52.2 Å². The number of thiocarbonyl (C=S) groups is 1. The van der Waals surface area contributed by atoms with Crippen LogP contribution in [0.15, 0.2) is 83.8 Å². The number of benzene rings is 3. The van der Waals surface area contributed by atoms with Gasteiger partial charge in [0.1, 0.15) is 10.9 Å². The topological polar surface area (TPSA) is 96.4 Å². The van der Waals surface area contributed by atoms with E-state index in [0.717, 1.165) is 53.5 Å². The molecule has 234 valence electrons. The molecule has 2 saturated heterocycles. The minimum atomic E-state index is -1.14. The average Bonchev–Trinajstić information content (AvgIpc) is 3.31. The number of ether oxygens (including phenoxy) is 2. The first kappa shape index (κ1) is 32.2. The largest absolute Gasteiger partial charge is 0.489 e. The third-order valence-electron chi connectivity index (χ3n) is 7.88. The van der Waals surface area contributed by atoms with Crippen LogP contribution >= 0.6 is 24.0 Å². The van der Waals surface area contributed by atoms with E-state index in [0.29, 0.717) is 41.5 Å². The van der Waals surface area contributed by atoms with Crippen LogP contribution in [0, 0.1) is 0 Å². The molecule has 0 aliphatic carbocycles. The number of carboxylic acids is 1. The van der Waals surface area contributed by atoms with Gasteiger partial charge in [0.25, 0.3) is 11.8 Å². The summed E-state index contributed by atoms with van der Waals surface area (Å²) < 4.78 is 13.0. The Morgan fingerprint density at radius 2 is 1.78 bits per heavy atom. The van der Waals surface area contributed by atoms with Crippen LogP contribution in [-0.4, -0.2) is 62.7 Å². The highest BCUT2D eigenvalue weighted by molar-refractivity contribution is 8.26. The van der Waals surface area contributed by atoms with Crippen LogP contribution in [0.4, 0.5) is 0 Å². The minimum Gasteiger partial charge on any atom is -0.489 e. The second kappa shape index (κ2) is 15.2. The normalized spacial score (nSPS) is 18.2. The van der Waals surface area contributed by atoms with Crippen molar-refractivity contribution in [2.75, 3.05) is 19.7 Å². The Labute approximate surface area is 273 Å². The Bertz CT molecular complexity index is 1560. The fourth-order valence-corrected chi connectivity index (χ4v) is 6.81. The lowest BCUT2D eigenvalue weighted by molar-refractivity contribution is -0.143. The van der Waals surface area contributed by atoms with Crippen LogP contribution in [0.5, 0.6) is 11.5 Å². The highest BCUT2D eigenvalue weighted by Gasteiger charge is 2.35. The van der Waals surface area contributed by atoms with E-state index in [2.05, 4.69) is 6.92 Å². The number of thioether (sulfide) groups is 1. The van der Waals surface area contributed by atoms with Crippen molar-refractivity contribution in [3.63, 3.8) is 0 Å². The first-order valence-corrected chi connectivity index (χ1v) is 16.4. The number of likely N-dealkylation sites (tertiary alicyclic amines) is 1. The molecule has 2 unspecified atom stereocenters. The van der Waals surface area contributed by atoms with Gasteiger partial charge >= 0.3 is 5.97 Å². The van der Waals surface area contributed by atoms with E-state index in [1.807, 2.05) is 65.6 Å². The van der Waals surface area contributed by atoms with Gasteiger partial charge in [-0.1, -0.05) is 97.6 Å². The van der Waals surface area contributed by atoms with Crippen molar-refractivity contribution < 1.29 is 29.0 Å². The molecule has 45 heavy (non-hydrogen) atoms. The van der Waals surface area contributed by atoms with Crippen LogP contribution in [0.25, 0.3) is 6.08 Å². The zero-order valence-electron chi connectivity index (χ0n) is 25.1. The Hall–Kier alpha value is -4.15. The van der Waals surface area contributed by atoms with E-state index < -0.39 is 24.5 Å². The summed E-state index contributed by atoms with van der Waals surface area (Å²) in [6, 6.07) is 24.9. The minimum absolute atomic E-state index is 0.0945. The number of amides is 2. The quantitative estimate of drug-likeness (QED) is 0.176. The zero-order chi connectivity index (χ0) is 31.8. The molecule has 1 N–H and O–H groups in total. The third kappa shape index (κ3) is 8.12. The first-order chi connectivity index (χ1) is 21.8. The number of carbonyl (C=O) groups is 3. The predicted molar refractivity (Wildman–Crippen MR) is 179 cm³/mol. The zero-order valence-corrected chi connectivity index (χ0v) is 26.7. The van der Waals surface area contributed by atoms with Gasteiger partial charge in [-0.2, -0.15) is 0 Å². The molecule has 10 heteroatoms. The highest BCUT2D eigenvalue weighted by atomic mass is 32.2. The summed E-state index contributed by atoms with van der Waals surface area (Å²) in [4.78, 5) is 41.7. The molecule has 2 amide bonds. The molecule has 0 bridgehead atoms. The van der Waals surface area contributed by atoms with Gasteiger partial charge in [-0.25, -0.2) is 0 Å². The van der Waals surface area contributed by atoms with Crippen molar-refractivity contribution in [1.82, 2.24) is 9.80 Å². The predicted octanol–water partition coefficient (Wildman–Crippen LogP) is 6.51. The molecule has 0 spiro atoms. The lowest BCUT2D eigenvalue weighted by Crippen LogP contribution is -2.46. The van der Waals surface area contributed by atoms with Crippen LogP contribution in [0.3, 0.4) is 0 Å². The number of nitrogens with zero attached hydrogens (tertiary/aromatic N) is 2. The van der Waals surface area contributed by atoms with Crippen LogP contribution in [0.2, 0.25) is 0 Å². The van der Waals surface area contributed by atoms with Gasteiger partial charge in [0, 0.05) is 24.6 Å². The molecular weight excluding hydrogens is 609 g/mol. The van der Waals surface area contributed by atoms with Gasteiger partial charge in [-0.15, -0.1) is 0 Å². The molecule has 2 aliphatic rings. The Kier molecular flexibility index (Phi) is 10.9. The van der Waals surface area contributed by atoms with E-state index >= 15 is 0 Å². The van der Waals surface area contributed by atoms with E-state index in [1.165, 1.54) is 0 Å². The van der Waals surface area contributed by atoms with Crippen LogP contribution < -0.4 is 9.47 Å². The summed E-state index contributed by atoms with van der Waals surface area (Å²) >= 11 is 6.31. The summed E-state index contributed by atoms with van der Waals surface area (Å²) in [6.45, 7) is 2.68. The first-order valence-electron chi connectivity index (χ1n) is 15.1. The summed E-state index contributed by atoms with van der Waals surface area (Å²) in [6.07, 6.45) is 5.31. The average molecular weight is 645 g/mol. The number of aliphatic carboxylic acids is 1. The summed E-state index contributed by atoms with van der Waals surface area (Å²) in [7, 11) is 0. The van der Waals surface area contributed by atoms with Crippen molar-refractivity contribution in [3.05, 3.63) is 100 Å². The molecule has 8 nitrogen and oxygen atoms in total. The molecule has 0 saturated carbocycles. The van der Waals surface area contributed by atoms with Crippen LogP contribution in [0.1, 0.15) is 55.4 Å². The maximum atomic E-state index is 14.2. The molecule has 5 rings (SSSR count). The molecule has 2 atom stereocenters. The standard InChI is InChI=1S/C35H36N2O6S2/c1-2-27-15-9-10-19-36(27)34(41)32(26-13-7-4-8-14-26)43-29-21-25(22-30-33(40)37(23-31(38)39)35(44)45-30)16-17-28(29)42-20-18-24-11-5-3-6-12-24/h3-8,11-14,16-17,21-22,27,32H,2,9-10,15,18-20,23H2,1H3,(H,38,39)/b30-22-. The van der Waals surface area contributed by atoms with Gasteiger partial charge < -0.3 is 19.5 Å². The maximum absolute atomic E-state index is 14.2. The monoisotopic (exact) mass is 644 g/mol. The maximum Gasteiger partial charge on any atom is 0.323 e. The molecule has 3 aromatic carbocycles. The Morgan fingerprint density at radius 1 is 1.04 bits per heavy atom. The number of piperidine rings is 1. The molecular formula is C35H36N2O6S2. The number of carbonyl (C=O) groups excluding carboxylic acids is 2. The third-order valence-corrected chi connectivity index (χ3v) is 9.25. The summed E-state index contributed by atoms with van der Waals surface area (Å²) in [5.74, 6) is -0.865. The summed E-state index contributed by atoms with van der Waals surface area (Å²) in [5, 5.41) is 9.20. The molecule has 2 heterocycles. The fraction of sp³-hybridized carbons (Fsp3) is 0.314. The number of rotatable bonds is 12. The van der Waals surface area contributed by atoms with Crippen LogP contribution in [-0.2, 0) is 20.8 Å². The molecule has 0 radical (unpaired) electrons. The SMILES string of the molecule is CCC1CCCCN1C(=O)C(Oc1cc(/C=C2\SC(=S)N(CC(=O)O)C2=O)ccc1OCCc1ccccc1)c1ccccc1. The highest BCUT2D eigenvalue weighted by Crippen LogP contribution is 2.37. The van der Waals surface area contributed by atoms with Gasteiger partial charge in [-0.3, -0.25) is 19.3 Å². The van der Waals surface area contributed by atoms with Gasteiger partial charge in [-0.05, 0) is 55.0 Å². The van der Waals surface area contributed by atoms with Crippen molar-refractivity contribution in [3.8, 4) is 11.5 Å². The Balaban J connectivity index is 1.48. The lowest BCUT2D eigenvalue weighted by Gasteiger charge is -2.37. The number of hydrogen-bond donors (Lipinski definition) is 1. The fourth-order valence-electron chi connectivity index (χ4n) is 5.55. The Morgan fingerprint density at radius 3 is 2.49 bits per heavy atom. The number of carboxylic acid groups (broad SMARTS) is 1. The van der Waals surface area contributed by atoms with Gasteiger partial charge in [0.15, 0.2) is 11.5 Å². The number of hydrogen-bond acceptors (Lipinski definition) is 7. The van der Waals surface area contributed by atoms with E-state index in [1.54, 1.807) is 24.3 Å². The van der Waals surface area contributed by atoms with Crippen molar-refractivity contribution in [1.29, 1.82) is 0 Å². The van der Waals surface area contributed by atoms with Gasteiger partial charge in [0.05, 0.1) is 11.5 Å². The molecule has 3 aromatic rings. The lowest BCUT2D eigenvalue weighted by atomic mass is 9.98. The van der Waals surface area contributed by atoms with E-state index in [-0.39, 0.29) is 16.3 Å². The molecule has 0 aromatic heterocycles. The van der Waals surface area contributed by atoms with E-state index in [4.69, 9.17) is 21.7 Å². The second-order valence-electron chi connectivity index (χ2n) is 10.9. The van der Waals surface area contributed by atoms with Crippen molar-refractivity contribution in [2.45, 2.75) is 51.2 Å². The van der Waals surface area contributed by atoms with Crippen molar-refractivity contribution in [2.24, 2.45) is 0 Å². The molecule has 2 aliphatic heterocycles. The second-order valence-corrected chi connectivity index (χ2v) is 12.6.